The highest BCUT2D eigenvalue weighted by Gasteiger charge is 2.34. The van der Waals surface area contributed by atoms with Crippen molar-refractivity contribution in [3.63, 3.8) is 0 Å². The number of anilines is 3. The summed E-state index contributed by atoms with van der Waals surface area (Å²) in [4.78, 5) is 31.4. The number of para-hydroxylation sites is 1. The van der Waals surface area contributed by atoms with Gasteiger partial charge in [-0.05, 0) is 25.1 Å². The third-order valence-electron chi connectivity index (χ3n) is 8.20. The summed E-state index contributed by atoms with van der Waals surface area (Å²) in [7, 11) is 0. The fourth-order valence-electron chi connectivity index (χ4n) is 5.85. The number of morpholine rings is 2. The highest BCUT2D eigenvalue weighted by molar-refractivity contribution is 7.99. The van der Waals surface area contributed by atoms with Gasteiger partial charge in [0.25, 0.3) is 5.22 Å². The van der Waals surface area contributed by atoms with Gasteiger partial charge in [-0.1, -0.05) is 17.8 Å². The number of pyridine rings is 1. The number of oxazole rings is 1. The summed E-state index contributed by atoms with van der Waals surface area (Å²) in [6, 6.07) is 5.91. The summed E-state index contributed by atoms with van der Waals surface area (Å²) >= 11 is 1.30. The summed E-state index contributed by atoms with van der Waals surface area (Å²) in [5.74, 6) is 1.33. The second-order valence-corrected chi connectivity index (χ2v) is 12.4. The van der Waals surface area contributed by atoms with Crippen LogP contribution < -0.4 is 15.1 Å². The van der Waals surface area contributed by atoms with E-state index in [1.165, 1.54) is 23.9 Å². The maximum Gasteiger partial charge on any atom is 0.420 e. The molecule has 0 atom stereocenters. The maximum absolute atomic E-state index is 13.4. The SMILES string of the molecule is Cc1cc(N2CCOCC2)c(NC(=O)CN2CCN(CCSc3nc4cccc(C(F)(F)F)c4o3)CC2)c(N2CCOCC2)n1. The van der Waals surface area contributed by atoms with E-state index in [9.17, 15) is 18.0 Å². The fourth-order valence-corrected chi connectivity index (χ4v) is 6.68. The summed E-state index contributed by atoms with van der Waals surface area (Å²) in [5, 5.41) is 3.46. The predicted octanol–water partition coefficient (Wildman–Crippen LogP) is 3.57. The molecule has 11 nitrogen and oxygen atoms in total. The van der Waals surface area contributed by atoms with Crippen LogP contribution in [0.5, 0.6) is 0 Å². The normalized spacial score (nSPS) is 18.9. The first-order valence-corrected chi connectivity index (χ1v) is 16.2. The lowest BCUT2D eigenvalue weighted by atomic mass is 10.2. The maximum atomic E-state index is 13.4. The topological polar surface area (TPSA) is 99.4 Å². The lowest BCUT2D eigenvalue weighted by Gasteiger charge is -2.36. The average molecular weight is 650 g/mol. The third kappa shape index (κ3) is 7.83. The third-order valence-corrected chi connectivity index (χ3v) is 9.01. The average Bonchev–Trinajstić information content (AvgIpc) is 3.46. The van der Waals surface area contributed by atoms with Gasteiger partial charge in [0, 0.05) is 70.3 Å². The van der Waals surface area contributed by atoms with E-state index in [1.54, 1.807) is 0 Å². The molecule has 0 unspecified atom stereocenters. The molecule has 0 spiro atoms. The van der Waals surface area contributed by atoms with Gasteiger partial charge in [0.05, 0.1) is 38.7 Å². The van der Waals surface area contributed by atoms with Gasteiger partial charge < -0.3 is 29.0 Å². The van der Waals surface area contributed by atoms with Gasteiger partial charge in [0.15, 0.2) is 11.4 Å². The Balaban J connectivity index is 1.03. The number of amides is 1. The number of carbonyl (C=O) groups excluding carboxylic acids is 1. The van der Waals surface area contributed by atoms with Crippen LogP contribution in [0, 0.1) is 6.92 Å². The van der Waals surface area contributed by atoms with Crippen LogP contribution in [0.4, 0.5) is 30.4 Å². The fraction of sp³-hybridized carbons (Fsp3) is 0.567. The molecule has 3 aliphatic heterocycles. The van der Waals surface area contributed by atoms with Crippen LogP contribution >= 0.6 is 11.8 Å². The molecule has 1 aromatic carbocycles. The Morgan fingerprint density at radius 1 is 0.933 bits per heavy atom. The number of hydrogen-bond donors (Lipinski definition) is 1. The molecule has 6 rings (SSSR count). The Morgan fingerprint density at radius 2 is 1.60 bits per heavy atom. The number of alkyl halides is 3. The van der Waals surface area contributed by atoms with E-state index < -0.39 is 11.7 Å². The van der Waals surface area contributed by atoms with Crippen LogP contribution in [0.25, 0.3) is 11.1 Å². The van der Waals surface area contributed by atoms with Crippen LogP contribution in [-0.2, 0) is 20.4 Å². The molecule has 0 aliphatic carbocycles. The number of aromatic nitrogens is 2. The zero-order chi connectivity index (χ0) is 31.4. The minimum atomic E-state index is -4.50. The van der Waals surface area contributed by atoms with E-state index in [1.807, 2.05) is 13.0 Å². The van der Waals surface area contributed by atoms with E-state index in [2.05, 4.69) is 29.9 Å². The number of hydrogen-bond acceptors (Lipinski definition) is 11. The molecule has 3 saturated heterocycles. The number of aryl methyl sites for hydroxylation is 1. The van der Waals surface area contributed by atoms with Crippen molar-refractivity contribution in [3.05, 3.63) is 35.5 Å². The van der Waals surface area contributed by atoms with Crippen molar-refractivity contribution in [2.45, 2.75) is 18.3 Å². The molecule has 3 fully saturated rings. The molecule has 5 heterocycles. The summed E-state index contributed by atoms with van der Waals surface area (Å²) < 4.78 is 56.5. The molecule has 15 heteroatoms. The first-order chi connectivity index (χ1) is 21.7. The molecular formula is C30H38F3N7O4S. The number of carbonyl (C=O) groups is 1. The van der Waals surface area contributed by atoms with Gasteiger partial charge in [0.2, 0.25) is 5.91 Å². The van der Waals surface area contributed by atoms with E-state index in [0.29, 0.717) is 45.3 Å². The van der Waals surface area contributed by atoms with Gasteiger partial charge in [-0.15, -0.1) is 0 Å². The van der Waals surface area contributed by atoms with Gasteiger partial charge in [0.1, 0.15) is 16.8 Å². The lowest BCUT2D eigenvalue weighted by Crippen LogP contribution is -2.49. The van der Waals surface area contributed by atoms with E-state index in [4.69, 9.17) is 18.9 Å². The molecule has 1 N–H and O–H groups in total. The van der Waals surface area contributed by atoms with Crippen molar-refractivity contribution in [2.24, 2.45) is 0 Å². The minimum Gasteiger partial charge on any atom is -0.431 e. The Morgan fingerprint density at radius 3 is 2.29 bits per heavy atom. The molecule has 0 saturated carbocycles. The molecule has 2 aromatic heterocycles. The number of nitrogens with zero attached hydrogens (tertiary/aromatic N) is 6. The van der Waals surface area contributed by atoms with Gasteiger partial charge in [-0.3, -0.25) is 14.6 Å². The van der Waals surface area contributed by atoms with Crippen LogP contribution in [0.15, 0.2) is 33.9 Å². The molecule has 1 amide bonds. The highest BCUT2D eigenvalue weighted by Crippen LogP contribution is 2.37. The zero-order valence-electron chi connectivity index (χ0n) is 25.3. The van der Waals surface area contributed by atoms with Crippen LogP contribution in [-0.4, -0.2) is 123 Å². The van der Waals surface area contributed by atoms with Crippen LogP contribution in [0.1, 0.15) is 11.3 Å². The molecule has 3 aliphatic rings. The molecule has 45 heavy (non-hydrogen) atoms. The standard InChI is InChI=1S/C30H38F3N7O4S/c1-21-19-24(39-9-14-42-15-10-39)26(28(34-21)40-11-16-43-17-12-40)36-25(41)20-38-7-5-37(6-8-38)13-18-45-29-35-23-4-2-3-22(27(23)44-29)30(31,32)33/h2-4,19H,5-18,20H2,1H3,(H,36,41). The monoisotopic (exact) mass is 649 g/mol. The van der Waals surface area contributed by atoms with Crippen molar-refractivity contribution in [1.29, 1.82) is 0 Å². The van der Waals surface area contributed by atoms with Crippen molar-refractivity contribution in [2.75, 3.05) is 113 Å². The number of fused-ring (bicyclic) bond motifs is 1. The van der Waals surface area contributed by atoms with Crippen molar-refractivity contribution in [3.8, 4) is 0 Å². The lowest BCUT2D eigenvalue weighted by molar-refractivity contribution is -0.136. The summed E-state index contributed by atoms with van der Waals surface area (Å²) in [6.07, 6.45) is -4.50. The summed E-state index contributed by atoms with van der Waals surface area (Å²) in [5.41, 5.74) is 1.77. The zero-order valence-corrected chi connectivity index (χ0v) is 26.1. The second kappa shape index (κ2) is 14.1. The quantitative estimate of drug-likeness (QED) is 0.345. The molecule has 3 aromatic rings. The Hall–Kier alpha value is -3.11. The van der Waals surface area contributed by atoms with Crippen LogP contribution in [0.3, 0.4) is 0 Å². The first kappa shape index (κ1) is 31.9. The predicted molar refractivity (Wildman–Crippen MR) is 166 cm³/mol. The second-order valence-electron chi connectivity index (χ2n) is 11.3. The first-order valence-electron chi connectivity index (χ1n) is 15.3. The number of piperazine rings is 1. The molecule has 244 valence electrons. The van der Waals surface area contributed by atoms with Crippen molar-refractivity contribution >= 4 is 46.0 Å². The van der Waals surface area contributed by atoms with E-state index >= 15 is 0 Å². The number of thioether (sulfide) groups is 1. The minimum absolute atomic E-state index is 0.0807. The largest absolute Gasteiger partial charge is 0.431 e. The highest BCUT2D eigenvalue weighted by atomic mass is 32.2. The number of nitrogens with one attached hydrogen (secondary N) is 1. The summed E-state index contributed by atoms with van der Waals surface area (Å²) in [6.45, 7) is 11.4. The number of ether oxygens (including phenoxy) is 2. The smallest absolute Gasteiger partial charge is 0.420 e. The Kier molecular flexibility index (Phi) is 9.99. The molecule has 0 bridgehead atoms. The number of benzene rings is 1. The van der Waals surface area contributed by atoms with E-state index in [0.717, 1.165) is 74.8 Å². The van der Waals surface area contributed by atoms with Gasteiger partial charge >= 0.3 is 6.18 Å². The Labute approximate surface area is 264 Å². The van der Waals surface area contributed by atoms with Crippen molar-refractivity contribution < 1.29 is 31.9 Å². The Bertz CT molecular complexity index is 1430. The van der Waals surface area contributed by atoms with Gasteiger partial charge in [-0.25, -0.2) is 9.97 Å². The number of halogens is 3. The molecular weight excluding hydrogens is 611 g/mol. The van der Waals surface area contributed by atoms with Crippen LogP contribution in [0.2, 0.25) is 0 Å². The van der Waals surface area contributed by atoms with E-state index in [-0.39, 0.29) is 28.8 Å². The molecule has 0 radical (unpaired) electrons. The number of rotatable bonds is 9. The van der Waals surface area contributed by atoms with Crippen molar-refractivity contribution in [1.82, 2.24) is 19.8 Å². The van der Waals surface area contributed by atoms with Gasteiger partial charge in [-0.2, -0.15) is 13.2 Å².